The maximum absolute atomic E-state index is 9.03. The minimum Gasteiger partial charge on any atom is -0.396 e. The summed E-state index contributed by atoms with van der Waals surface area (Å²) in [6.07, 6.45) is 3.30. The molecule has 0 spiro atoms. The van der Waals surface area contributed by atoms with Crippen LogP contribution >= 0.6 is 11.3 Å². The summed E-state index contributed by atoms with van der Waals surface area (Å²) >= 11 is 1.63. The smallest absolute Gasteiger partial charge is 0.0794 e. The first-order valence-electron chi connectivity index (χ1n) is 3.83. The molecule has 60 valence electrons. The molecule has 0 aliphatic heterocycles. The topological polar surface area (TPSA) is 33.1 Å². The van der Waals surface area contributed by atoms with Crippen LogP contribution in [0.4, 0.5) is 0 Å². The Morgan fingerprint density at radius 1 is 1.64 bits per heavy atom. The van der Waals surface area contributed by atoms with Gasteiger partial charge in [0.05, 0.1) is 11.2 Å². The van der Waals surface area contributed by atoms with Crippen molar-refractivity contribution < 1.29 is 5.11 Å². The van der Waals surface area contributed by atoms with Gasteiger partial charge in [-0.15, -0.1) is 11.3 Å². The van der Waals surface area contributed by atoms with Crippen LogP contribution in [0.5, 0.6) is 0 Å². The summed E-state index contributed by atoms with van der Waals surface area (Å²) in [5, 5.41) is 11.1. The normalized spacial score (nSPS) is 20.1. The van der Waals surface area contributed by atoms with E-state index < -0.39 is 0 Å². The summed E-state index contributed by atoms with van der Waals surface area (Å²) in [5.74, 6) is 0. The second-order valence-corrected chi connectivity index (χ2v) is 4.03. The molecule has 1 aliphatic rings. The van der Waals surface area contributed by atoms with Crippen LogP contribution in [0.3, 0.4) is 0 Å². The van der Waals surface area contributed by atoms with Crippen molar-refractivity contribution in [2.75, 3.05) is 6.61 Å². The van der Waals surface area contributed by atoms with Crippen molar-refractivity contribution in [3.63, 3.8) is 0 Å². The third-order valence-corrected chi connectivity index (χ3v) is 2.97. The molecule has 2 rings (SSSR count). The van der Waals surface area contributed by atoms with Crippen LogP contribution in [0.2, 0.25) is 0 Å². The molecule has 1 N–H and O–H groups in total. The number of aliphatic hydroxyl groups is 1. The molecule has 0 aromatic carbocycles. The van der Waals surface area contributed by atoms with Crippen LogP contribution in [0, 0.1) is 5.41 Å². The lowest BCUT2D eigenvalue weighted by molar-refractivity contribution is 0.210. The van der Waals surface area contributed by atoms with Gasteiger partial charge in [-0.25, -0.2) is 4.98 Å². The van der Waals surface area contributed by atoms with Crippen LogP contribution < -0.4 is 0 Å². The van der Waals surface area contributed by atoms with Gasteiger partial charge >= 0.3 is 0 Å². The maximum atomic E-state index is 9.03. The fraction of sp³-hybridized carbons (Fsp3) is 0.625. The standard InChI is InChI=1S/C8H11NOS/c10-5-8(1-2-8)3-7-4-11-6-9-7/h4,6,10H,1-3,5H2. The van der Waals surface area contributed by atoms with Crippen LogP contribution in [0.25, 0.3) is 0 Å². The minimum absolute atomic E-state index is 0.216. The summed E-state index contributed by atoms with van der Waals surface area (Å²) in [5.41, 5.74) is 3.21. The fourth-order valence-electron chi connectivity index (χ4n) is 1.28. The summed E-state index contributed by atoms with van der Waals surface area (Å²) in [6, 6.07) is 0. The van der Waals surface area contributed by atoms with Crippen LogP contribution in [0.1, 0.15) is 18.5 Å². The highest BCUT2D eigenvalue weighted by atomic mass is 32.1. The molecule has 1 fully saturated rings. The number of aromatic nitrogens is 1. The van der Waals surface area contributed by atoms with Crippen molar-refractivity contribution in [3.05, 3.63) is 16.6 Å². The molecule has 1 saturated carbocycles. The van der Waals surface area contributed by atoms with Crippen molar-refractivity contribution in [2.45, 2.75) is 19.3 Å². The third kappa shape index (κ3) is 1.44. The first kappa shape index (κ1) is 7.25. The molecular formula is C8H11NOS. The molecule has 0 amide bonds. The van der Waals surface area contributed by atoms with Gasteiger partial charge in [-0.1, -0.05) is 0 Å². The van der Waals surface area contributed by atoms with Gasteiger partial charge in [0.15, 0.2) is 0 Å². The van der Waals surface area contributed by atoms with Crippen molar-refractivity contribution in [3.8, 4) is 0 Å². The molecule has 0 bridgehead atoms. The zero-order chi connectivity index (χ0) is 7.73. The van der Waals surface area contributed by atoms with E-state index >= 15 is 0 Å². The third-order valence-electron chi connectivity index (χ3n) is 2.33. The van der Waals surface area contributed by atoms with Crippen molar-refractivity contribution in [1.29, 1.82) is 0 Å². The molecule has 0 atom stereocenters. The largest absolute Gasteiger partial charge is 0.396 e. The average molecular weight is 169 g/mol. The van der Waals surface area contributed by atoms with Crippen LogP contribution in [-0.2, 0) is 6.42 Å². The summed E-state index contributed by atoms with van der Waals surface area (Å²) in [6.45, 7) is 0.324. The van der Waals surface area contributed by atoms with Crippen molar-refractivity contribution in [1.82, 2.24) is 4.98 Å². The number of hydrogen-bond acceptors (Lipinski definition) is 3. The number of thiazole rings is 1. The molecule has 1 heterocycles. The second-order valence-electron chi connectivity index (χ2n) is 3.31. The van der Waals surface area contributed by atoms with Crippen molar-refractivity contribution in [2.24, 2.45) is 5.41 Å². The van der Waals surface area contributed by atoms with Gasteiger partial charge in [0.25, 0.3) is 0 Å². The van der Waals surface area contributed by atoms with Gasteiger partial charge in [-0.3, -0.25) is 0 Å². The van der Waals surface area contributed by atoms with Crippen LogP contribution in [-0.4, -0.2) is 16.7 Å². The van der Waals surface area contributed by atoms with E-state index in [1.165, 1.54) is 12.8 Å². The molecular weight excluding hydrogens is 158 g/mol. The number of nitrogens with zero attached hydrogens (tertiary/aromatic N) is 1. The van der Waals surface area contributed by atoms with Crippen LogP contribution in [0.15, 0.2) is 10.9 Å². The summed E-state index contributed by atoms with van der Waals surface area (Å²) < 4.78 is 0. The Hall–Kier alpha value is -0.410. The maximum Gasteiger partial charge on any atom is 0.0794 e. The van der Waals surface area contributed by atoms with E-state index in [4.69, 9.17) is 5.11 Å². The SMILES string of the molecule is OCC1(Cc2cscn2)CC1. The lowest BCUT2D eigenvalue weighted by Crippen LogP contribution is -2.09. The molecule has 1 aromatic rings. The van der Waals surface area contributed by atoms with Gasteiger partial charge in [0.1, 0.15) is 0 Å². The first-order chi connectivity index (χ1) is 5.35. The van der Waals surface area contributed by atoms with Gasteiger partial charge in [-0.05, 0) is 24.7 Å². The molecule has 0 radical (unpaired) electrons. The molecule has 2 nitrogen and oxygen atoms in total. The number of aliphatic hydroxyl groups excluding tert-OH is 1. The van der Waals surface area contributed by atoms with E-state index in [2.05, 4.69) is 10.4 Å². The Kier molecular flexibility index (Phi) is 1.69. The highest BCUT2D eigenvalue weighted by Crippen LogP contribution is 2.47. The molecule has 3 heteroatoms. The van der Waals surface area contributed by atoms with E-state index in [0.717, 1.165) is 12.1 Å². The van der Waals surface area contributed by atoms with E-state index in [1.54, 1.807) is 11.3 Å². The predicted octanol–water partition coefficient (Wildman–Crippen LogP) is 1.46. The lowest BCUT2D eigenvalue weighted by atomic mass is 10.0. The van der Waals surface area contributed by atoms with E-state index in [0.29, 0.717) is 6.61 Å². The predicted molar refractivity (Wildman–Crippen MR) is 44.6 cm³/mol. The second kappa shape index (κ2) is 2.57. The Labute approximate surface area is 69.9 Å². The molecule has 0 unspecified atom stereocenters. The molecule has 1 aromatic heterocycles. The summed E-state index contributed by atoms with van der Waals surface area (Å²) in [4.78, 5) is 4.20. The quantitative estimate of drug-likeness (QED) is 0.743. The molecule has 1 aliphatic carbocycles. The monoisotopic (exact) mass is 169 g/mol. The summed E-state index contributed by atoms with van der Waals surface area (Å²) in [7, 11) is 0. The highest BCUT2D eigenvalue weighted by molar-refractivity contribution is 7.07. The Bertz CT molecular complexity index is 228. The Morgan fingerprint density at radius 3 is 2.91 bits per heavy atom. The minimum atomic E-state index is 0.216. The molecule has 11 heavy (non-hydrogen) atoms. The Balaban J connectivity index is 2.01. The van der Waals surface area contributed by atoms with Gasteiger partial charge in [0, 0.05) is 12.0 Å². The van der Waals surface area contributed by atoms with Crippen molar-refractivity contribution >= 4 is 11.3 Å². The first-order valence-corrected chi connectivity index (χ1v) is 4.77. The van der Waals surface area contributed by atoms with E-state index in [9.17, 15) is 0 Å². The van der Waals surface area contributed by atoms with E-state index in [-0.39, 0.29) is 5.41 Å². The lowest BCUT2D eigenvalue weighted by Gasteiger charge is -2.07. The highest BCUT2D eigenvalue weighted by Gasteiger charge is 2.42. The Morgan fingerprint density at radius 2 is 2.45 bits per heavy atom. The fourth-order valence-corrected chi connectivity index (χ4v) is 1.84. The number of hydrogen-bond donors (Lipinski definition) is 1. The average Bonchev–Trinajstić information content (AvgIpc) is 2.59. The zero-order valence-electron chi connectivity index (χ0n) is 6.29. The zero-order valence-corrected chi connectivity index (χ0v) is 7.10. The number of rotatable bonds is 3. The van der Waals surface area contributed by atoms with Gasteiger partial charge in [-0.2, -0.15) is 0 Å². The molecule has 0 saturated heterocycles. The van der Waals surface area contributed by atoms with Gasteiger partial charge < -0.3 is 5.11 Å². The van der Waals surface area contributed by atoms with E-state index in [1.807, 2.05) is 5.51 Å². The van der Waals surface area contributed by atoms with Gasteiger partial charge in [0.2, 0.25) is 0 Å².